The van der Waals surface area contributed by atoms with Gasteiger partial charge in [0.05, 0.1) is 13.2 Å². The summed E-state index contributed by atoms with van der Waals surface area (Å²) in [6.07, 6.45) is 3.52. The first-order valence-electron chi connectivity index (χ1n) is 8.81. The lowest BCUT2D eigenvalue weighted by atomic mass is 10.0. The van der Waals surface area contributed by atoms with Gasteiger partial charge in [-0.05, 0) is 37.4 Å². The molecule has 0 aromatic heterocycles. The minimum absolute atomic E-state index is 0.409. The maximum Gasteiger partial charge on any atom is 0.113 e. The molecule has 128 valence electrons. The SMILES string of the molecule is O[C@@]1(CNCCCN2CCCc3ccccc32)CNCCOC1. The molecule has 2 aliphatic heterocycles. The molecular formula is C18H29N3O2. The summed E-state index contributed by atoms with van der Waals surface area (Å²) in [7, 11) is 0. The molecule has 0 unspecified atom stereocenters. The summed E-state index contributed by atoms with van der Waals surface area (Å²) >= 11 is 0. The molecule has 3 rings (SSSR count). The number of nitrogens with one attached hydrogen (secondary N) is 2. The molecule has 5 nitrogen and oxygen atoms in total. The van der Waals surface area contributed by atoms with E-state index in [1.807, 2.05) is 0 Å². The van der Waals surface area contributed by atoms with Gasteiger partial charge in [-0.2, -0.15) is 0 Å². The molecule has 0 spiro atoms. The Morgan fingerprint density at radius 1 is 1.35 bits per heavy atom. The molecule has 2 heterocycles. The third-order valence-corrected chi connectivity index (χ3v) is 4.69. The minimum Gasteiger partial charge on any atom is -0.385 e. The number of anilines is 1. The summed E-state index contributed by atoms with van der Waals surface area (Å²) in [6, 6.07) is 8.74. The smallest absolute Gasteiger partial charge is 0.113 e. The van der Waals surface area contributed by atoms with Gasteiger partial charge < -0.3 is 25.4 Å². The fraction of sp³-hybridized carbons (Fsp3) is 0.667. The lowest BCUT2D eigenvalue weighted by Crippen LogP contribution is -2.50. The van der Waals surface area contributed by atoms with Crippen LogP contribution in [0.15, 0.2) is 24.3 Å². The third-order valence-electron chi connectivity index (χ3n) is 4.69. The minimum atomic E-state index is -0.784. The number of para-hydroxylation sites is 1. The summed E-state index contributed by atoms with van der Waals surface area (Å²) in [5.41, 5.74) is 2.09. The van der Waals surface area contributed by atoms with E-state index in [2.05, 4.69) is 39.8 Å². The number of fused-ring (bicyclic) bond motifs is 1. The second-order valence-corrected chi connectivity index (χ2v) is 6.70. The molecule has 1 fully saturated rings. The van der Waals surface area contributed by atoms with E-state index in [-0.39, 0.29) is 0 Å². The first-order chi connectivity index (χ1) is 11.3. The van der Waals surface area contributed by atoms with Gasteiger partial charge in [0.1, 0.15) is 5.60 Å². The van der Waals surface area contributed by atoms with Crippen molar-refractivity contribution >= 4 is 5.69 Å². The van der Waals surface area contributed by atoms with Crippen LogP contribution in [0.2, 0.25) is 0 Å². The van der Waals surface area contributed by atoms with Crippen LogP contribution in [0.5, 0.6) is 0 Å². The average molecular weight is 319 g/mol. The zero-order valence-electron chi connectivity index (χ0n) is 13.9. The number of nitrogens with zero attached hydrogens (tertiary/aromatic N) is 1. The molecule has 3 N–H and O–H groups in total. The first kappa shape index (κ1) is 16.7. The molecule has 0 bridgehead atoms. The Balaban J connectivity index is 1.39. The first-order valence-corrected chi connectivity index (χ1v) is 8.81. The fourth-order valence-electron chi connectivity index (χ4n) is 3.45. The highest BCUT2D eigenvalue weighted by Crippen LogP contribution is 2.26. The molecule has 1 atom stereocenters. The van der Waals surface area contributed by atoms with E-state index in [1.165, 1.54) is 24.1 Å². The predicted molar refractivity (Wildman–Crippen MR) is 93.1 cm³/mol. The summed E-state index contributed by atoms with van der Waals surface area (Å²) in [6.45, 7) is 6.22. The molecule has 5 heteroatoms. The van der Waals surface area contributed by atoms with Crippen molar-refractivity contribution in [3.63, 3.8) is 0 Å². The fourth-order valence-corrected chi connectivity index (χ4v) is 3.45. The molecule has 1 saturated heterocycles. The van der Waals surface area contributed by atoms with Crippen LogP contribution in [0.3, 0.4) is 0 Å². The quantitative estimate of drug-likeness (QED) is 0.676. The van der Waals surface area contributed by atoms with Gasteiger partial charge in [0.2, 0.25) is 0 Å². The molecular weight excluding hydrogens is 290 g/mol. The molecule has 0 amide bonds. The monoisotopic (exact) mass is 319 g/mol. The highest BCUT2D eigenvalue weighted by Gasteiger charge is 2.28. The zero-order valence-corrected chi connectivity index (χ0v) is 13.9. The highest BCUT2D eigenvalue weighted by molar-refractivity contribution is 5.55. The van der Waals surface area contributed by atoms with Gasteiger partial charge in [-0.1, -0.05) is 18.2 Å². The van der Waals surface area contributed by atoms with Crippen molar-refractivity contribution in [2.45, 2.75) is 24.9 Å². The second kappa shape index (κ2) is 8.11. The Kier molecular flexibility index (Phi) is 5.89. The van der Waals surface area contributed by atoms with Crippen molar-refractivity contribution in [1.82, 2.24) is 10.6 Å². The standard InChI is InChI=1S/C18H29N3O2/c22-18(14-20-9-12-23-15-18)13-19-8-4-11-21-10-3-6-16-5-1-2-7-17(16)21/h1-2,5,7,19-20,22H,3-4,6,8-15H2/t18-/m0/s1. The van der Waals surface area contributed by atoms with Crippen molar-refractivity contribution in [1.29, 1.82) is 0 Å². The van der Waals surface area contributed by atoms with Gasteiger partial charge in [-0.15, -0.1) is 0 Å². The van der Waals surface area contributed by atoms with Gasteiger partial charge in [0, 0.05) is 38.4 Å². The molecule has 0 aliphatic carbocycles. The van der Waals surface area contributed by atoms with Crippen LogP contribution in [0.4, 0.5) is 5.69 Å². The van der Waals surface area contributed by atoms with E-state index >= 15 is 0 Å². The maximum atomic E-state index is 10.5. The van der Waals surface area contributed by atoms with E-state index in [0.29, 0.717) is 26.3 Å². The summed E-state index contributed by atoms with van der Waals surface area (Å²) < 4.78 is 5.44. The highest BCUT2D eigenvalue weighted by atomic mass is 16.5. The largest absolute Gasteiger partial charge is 0.385 e. The second-order valence-electron chi connectivity index (χ2n) is 6.70. The van der Waals surface area contributed by atoms with Crippen molar-refractivity contribution in [2.75, 3.05) is 57.4 Å². The van der Waals surface area contributed by atoms with Crippen LogP contribution < -0.4 is 15.5 Å². The molecule has 1 aromatic carbocycles. The summed E-state index contributed by atoms with van der Waals surface area (Å²) in [4.78, 5) is 2.49. The number of aryl methyl sites for hydroxylation is 1. The van der Waals surface area contributed by atoms with Crippen LogP contribution >= 0.6 is 0 Å². The number of ether oxygens (including phenoxy) is 1. The number of aliphatic hydroxyl groups is 1. The van der Waals surface area contributed by atoms with E-state index in [4.69, 9.17) is 4.74 Å². The normalized spacial score (nSPS) is 25.0. The van der Waals surface area contributed by atoms with Crippen molar-refractivity contribution < 1.29 is 9.84 Å². The van der Waals surface area contributed by atoms with Gasteiger partial charge in [-0.25, -0.2) is 0 Å². The molecule has 23 heavy (non-hydrogen) atoms. The van der Waals surface area contributed by atoms with Crippen molar-refractivity contribution in [3.05, 3.63) is 29.8 Å². The predicted octanol–water partition coefficient (Wildman–Crippen LogP) is 0.770. The van der Waals surface area contributed by atoms with E-state index in [1.54, 1.807) is 0 Å². The van der Waals surface area contributed by atoms with Gasteiger partial charge in [0.25, 0.3) is 0 Å². The number of rotatable bonds is 6. The van der Waals surface area contributed by atoms with Crippen LogP contribution in [0, 0.1) is 0 Å². The zero-order chi connectivity index (χ0) is 16.0. The van der Waals surface area contributed by atoms with Gasteiger partial charge >= 0.3 is 0 Å². The van der Waals surface area contributed by atoms with Crippen molar-refractivity contribution in [3.8, 4) is 0 Å². The van der Waals surface area contributed by atoms with E-state index in [9.17, 15) is 5.11 Å². The topological polar surface area (TPSA) is 56.8 Å². The number of β-amino-alcohol motifs (C(OH)–C–C–N with tert-alkyl or cyclic N) is 1. The Bertz CT molecular complexity index is 487. The van der Waals surface area contributed by atoms with E-state index < -0.39 is 5.60 Å². The van der Waals surface area contributed by atoms with Crippen LogP contribution in [-0.4, -0.2) is 63.2 Å². The summed E-state index contributed by atoms with van der Waals surface area (Å²) in [5, 5.41) is 17.1. The Hall–Kier alpha value is -1.14. The number of benzene rings is 1. The average Bonchev–Trinajstić information content (AvgIpc) is 2.80. The molecule has 2 aliphatic rings. The lowest BCUT2D eigenvalue weighted by molar-refractivity contribution is -0.0261. The van der Waals surface area contributed by atoms with Crippen LogP contribution in [0.25, 0.3) is 0 Å². The van der Waals surface area contributed by atoms with Crippen LogP contribution in [0.1, 0.15) is 18.4 Å². The van der Waals surface area contributed by atoms with E-state index in [0.717, 1.165) is 32.6 Å². The van der Waals surface area contributed by atoms with Crippen molar-refractivity contribution in [2.24, 2.45) is 0 Å². The molecule has 1 aromatic rings. The Morgan fingerprint density at radius 3 is 3.22 bits per heavy atom. The molecule has 0 saturated carbocycles. The Labute approximate surface area is 139 Å². The summed E-state index contributed by atoms with van der Waals surface area (Å²) in [5.74, 6) is 0. The number of hydrogen-bond donors (Lipinski definition) is 3. The number of hydrogen-bond acceptors (Lipinski definition) is 5. The van der Waals surface area contributed by atoms with Crippen LogP contribution in [-0.2, 0) is 11.2 Å². The maximum absolute atomic E-state index is 10.5. The Morgan fingerprint density at radius 2 is 2.26 bits per heavy atom. The third kappa shape index (κ3) is 4.67. The van der Waals surface area contributed by atoms with Gasteiger partial charge in [-0.3, -0.25) is 0 Å². The lowest BCUT2D eigenvalue weighted by Gasteiger charge is -2.31. The van der Waals surface area contributed by atoms with Gasteiger partial charge in [0.15, 0.2) is 0 Å². The molecule has 0 radical (unpaired) electrons.